The van der Waals surface area contributed by atoms with Crippen molar-refractivity contribution in [2.24, 2.45) is 0 Å². The highest BCUT2D eigenvalue weighted by molar-refractivity contribution is 5.96. The van der Waals surface area contributed by atoms with Crippen molar-refractivity contribution < 1.29 is 13.9 Å². The first-order valence-electron chi connectivity index (χ1n) is 7.48. The zero-order valence-electron chi connectivity index (χ0n) is 13.4. The summed E-state index contributed by atoms with van der Waals surface area (Å²) in [6.07, 6.45) is 0. The van der Waals surface area contributed by atoms with Gasteiger partial charge in [0.15, 0.2) is 0 Å². The Hall–Kier alpha value is -3.15. The van der Waals surface area contributed by atoms with Crippen molar-refractivity contribution in [1.29, 1.82) is 0 Å². The molecule has 3 aromatic rings. The van der Waals surface area contributed by atoms with Crippen molar-refractivity contribution in [2.75, 3.05) is 7.11 Å². The van der Waals surface area contributed by atoms with Gasteiger partial charge in [-0.05, 0) is 30.7 Å². The number of rotatable bonds is 5. The molecule has 24 heavy (non-hydrogen) atoms. The molecule has 0 spiro atoms. The fourth-order valence-electron chi connectivity index (χ4n) is 2.33. The van der Waals surface area contributed by atoms with Crippen LogP contribution in [0.15, 0.2) is 52.9 Å². The summed E-state index contributed by atoms with van der Waals surface area (Å²) in [4.78, 5) is 12.2. The van der Waals surface area contributed by atoms with Crippen LogP contribution in [0.25, 0.3) is 11.5 Å². The normalized spacial score (nSPS) is 10.4. The van der Waals surface area contributed by atoms with Gasteiger partial charge < -0.3 is 14.5 Å². The van der Waals surface area contributed by atoms with Crippen LogP contribution in [0.4, 0.5) is 0 Å². The van der Waals surface area contributed by atoms with E-state index in [1.807, 2.05) is 37.3 Å². The third-order valence-electron chi connectivity index (χ3n) is 3.59. The summed E-state index contributed by atoms with van der Waals surface area (Å²) in [5.41, 5.74) is 2.39. The zero-order valence-corrected chi connectivity index (χ0v) is 13.4. The van der Waals surface area contributed by atoms with Crippen molar-refractivity contribution in [1.82, 2.24) is 15.5 Å². The highest BCUT2D eigenvalue weighted by Crippen LogP contribution is 2.21. The first-order valence-corrected chi connectivity index (χ1v) is 7.48. The second-order valence-electron chi connectivity index (χ2n) is 5.20. The topological polar surface area (TPSA) is 77.2 Å². The van der Waals surface area contributed by atoms with Gasteiger partial charge in [-0.2, -0.15) is 0 Å². The molecule has 0 saturated carbocycles. The first kappa shape index (κ1) is 15.7. The molecule has 122 valence electrons. The Morgan fingerprint density at radius 3 is 2.67 bits per heavy atom. The molecular formula is C18H17N3O3. The molecule has 1 amide bonds. The molecular weight excluding hydrogens is 306 g/mol. The Labute approximate surface area is 139 Å². The number of methoxy groups -OCH3 is 1. The van der Waals surface area contributed by atoms with Crippen LogP contribution < -0.4 is 10.1 Å². The summed E-state index contributed by atoms with van der Waals surface area (Å²) in [6.45, 7) is 2.12. The van der Waals surface area contributed by atoms with Crippen LogP contribution in [0, 0.1) is 6.92 Å². The molecule has 0 radical (unpaired) electrons. The summed E-state index contributed by atoms with van der Waals surface area (Å²) in [5, 5.41) is 10.8. The number of carbonyl (C=O) groups is 1. The number of para-hydroxylation sites is 1. The minimum absolute atomic E-state index is 0.149. The quantitative estimate of drug-likeness (QED) is 0.781. The highest BCUT2D eigenvalue weighted by atomic mass is 16.5. The van der Waals surface area contributed by atoms with Crippen LogP contribution >= 0.6 is 0 Å². The molecule has 0 bridgehead atoms. The maximum absolute atomic E-state index is 12.2. The maximum Gasteiger partial charge on any atom is 0.255 e. The van der Waals surface area contributed by atoms with Gasteiger partial charge in [0.2, 0.25) is 11.8 Å². The van der Waals surface area contributed by atoms with Crippen LogP contribution in [0.2, 0.25) is 0 Å². The number of carbonyl (C=O) groups excluding carboxylic acids is 1. The fraction of sp³-hybridized carbons (Fsp3) is 0.167. The number of nitrogens with one attached hydrogen (secondary N) is 1. The lowest BCUT2D eigenvalue weighted by molar-refractivity contribution is 0.0944. The predicted octanol–water partition coefficient (Wildman–Crippen LogP) is 2.98. The number of nitrogens with zero attached hydrogens (tertiary/aromatic N) is 2. The van der Waals surface area contributed by atoms with Crippen LogP contribution in [0.3, 0.4) is 0 Å². The molecule has 0 fully saturated rings. The van der Waals surface area contributed by atoms with Gasteiger partial charge in [0.05, 0.1) is 19.2 Å². The molecule has 0 aliphatic heterocycles. The maximum atomic E-state index is 12.2. The molecule has 0 saturated heterocycles. The van der Waals surface area contributed by atoms with Crippen LogP contribution in [-0.2, 0) is 6.54 Å². The van der Waals surface area contributed by atoms with Gasteiger partial charge in [-0.1, -0.05) is 30.3 Å². The van der Waals surface area contributed by atoms with Crippen molar-refractivity contribution in [3.63, 3.8) is 0 Å². The lowest BCUT2D eigenvalue weighted by atomic mass is 10.1. The number of hydrogen-bond donors (Lipinski definition) is 1. The van der Waals surface area contributed by atoms with Gasteiger partial charge in [-0.15, -0.1) is 10.2 Å². The van der Waals surface area contributed by atoms with E-state index in [2.05, 4.69) is 15.5 Å². The van der Waals surface area contributed by atoms with Gasteiger partial charge in [0.25, 0.3) is 5.91 Å². The summed E-state index contributed by atoms with van der Waals surface area (Å²) >= 11 is 0. The fourth-order valence-corrected chi connectivity index (χ4v) is 2.33. The lowest BCUT2D eigenvalue weighted by Crippen LogP contribution is -2.23. The van der Waals surface area contributed by atoms with E-state index >= 15 is 0 Å². The van der Waals surface area contributed by atoms with Crippen molar-refractivity contribution in [3.8, 4) is 17.2 Å². The molecule has 3 rings (SSSR count). The average molecular weight is 323 g/mol. The van der Waals surface area contributed by atoms with Crippen LogP contribution in [0.1, 0.15) is 21.8 Å². The second-order valence-corrected chi connectivity index (χ2v) is 5.20. The third kappa shape index (κ3) is 3.27. The van der Waals surface area contributed by atoms with E-state index in [0.29, 0.717) is 23.1 Å². The largest absolute Gasteiger partial charge is 0.496 e. The molecule has 0 aliphatic rings. The molecule has 1 heterocycles. The monoisotopic (exact) mass is 323 g/mol. The Morgan fingerprint density at radius 1 is 1.12 bits per heavy atom. The van der Waals surface area contributed by atoms with E-state index in [0.717, 1.165) is 11.1 Å². The molecule has 1 N–H and O–H groups in total. The van der Waals surface area contributed by atoms with E-state index < -0.39 is 0 Å². The van der Waals surface area contributed by atoms with E-state index in [-0.39, 0.29) is 12.5 Å². The smallest absolute Gasteiger partial charge is 0.255 e. The van der Waals surface area contributed by atoms with Crippen LogP contribution in [0.5, 0.6) is 5.75 Å². The van der Waals surface area contributed by atoms with E-state index in [4.69, 9.17) is 9.15 Å². The van der Waals surface area contributed by atoms with Gasteiger partial charge in [-0.3, -0.25) is 4.79 Å². The Kier molecular flexibility index (Phi) is 4.56. The lowest BCUT2D eigenvalue weighted by Gasteiger charge is -2.07. The molecule has 0 aliphatic carbocycles. The average Bonchev–Trinajstić information content (AvgIpc) is 3.08. The molecule has 0 unspecified atom stereocenters. The van der Waals surface area contributed by atoms with Gasteiger partial charge in [0, 0.05) is 5.56 Å². The number of amides is 1. The minimum atomic E-state index is -0.261. The summed E-state index contributed by atoms with van der Waals surface area (Å²) in [5.74, 6) is 1.04. The number of aryl methyl sites for hydroxylation is 1. The van der Waals surface area contributed by atoms with E-state index in [1.165, 1.54) is 7.11 Å². The second kappa shape index (κ2) is 6.95. The summed E-state index contributed by atoms with van der Waals surface area (Å²) < 4.78 is 10.8. The minimum Gasteiger partial charge on any atom is -0.496 e. The zero-order chi connectivity index (χ0) is 16.9. The molecule has 6 nitrogen and oxygen atoms in total. The first-order chi connectivity index (χ1) is 11.7. The van der Waals surface area contributed by atoms with Crippen LogP contribution in [-0.4, -0.2) is 23.2 Å². The predicted molar refractivity (Wildman–Crippen MR) is 88.6 cm³/mol. The number of ether oxygens (including phenoxy) is 1. The number of hydrogen-bond acceptors (Lipinski definition) is 5. The standard InChI is InChI=1S/C18H17N3O3/c1-12-7-3-4-8-13(12)18-21-20-16(24-18)11-19-17(22)14-9-5-6-10-15(14)23-2/h3-10H,11H2,1-2H3,(H,19,22). The molecule has 0 atom stereocenters. The molecule has 2 aromatic carbocycles. The van der Waals surface area contributed by atoms with Crippen molar-refractivity contribution in [2.45, 2.75) is 13.5 Å². The van der Waals surface area contributed by atoms with Gasteiger partial charge >= 0.3 is 0 Å². The Morgan fingerprint density at radius 2 is 1.88 bits per heavy atom. The number of benzene rings is 2. The third-order valence-corrected chi connectivity index (χ3v) is 3.59. The van der Waals surface area contributed by atoms with Gasteiger partial charge in [-0.25, -0.2) is 0 Å². The summed E-state index contributed by atoms with van der Waals surface area (Å²) in [6, 6.07) is 14.8. The SMILES string of the molecule is COc1ccccc1C(=O)NCc1nnc(-c2ccccc2C)o1. The summed E-state index contributed by atoms with van der Waals surface area (Å²) in [7, 11) is 1.53. The molecule has 1 aromatic heterocycles. The Balaban J connectivity index is 1.70. The molecule has 6 heteroatoms. The van der Waals surface area contributed by atoms with Gasteiger partial charge in [0.1, 0.15) is 5.75 Å². The van der Waals surface area contributed by atoms with Crippen molar-refractivity contribution >= 4 is 5.91 Å². The highest BCUT2D eigenvalue weighted by Gasteiger charge is 2.14. The Bertz CT molecular complexity index is 858. The van der Waals surface area contributed by atoms with E-state index in [1.54, 1.807) is 18.2 Å². The van der Waals surface area contributed by atoms with Crippen molar-refractivity contribution in [3.05, 3.63) is 65.5 Å². The van der Waals surface area contributed by atoms with E-state index in [9.17, 15) is 4.79 Å². The number of aromatic nitrogens is 2.